The zero-order valence-electron chi connectivity index (χ0n) is 26.3. The van der Waals surface area contributed by atoms with Gasteiger partial charge in [-0.2, -0.15) is 0 Å². The van der Waals surface area contributed by atoms with Crippen molar-refractivity contribution in [1.29, 1.82) is 0 Å². The van der Waals surface area contributed by atoms with Gasteiger partial charge in [0.2, 0.25) is 0 Å². The molecule has 0 spiro atoms. The highest BCUT2D eigenvalue weighted by Gasteiger charge is 2.17. The van der Waals surface area contributed by atoms with Gasteiger partial charge >= 0.3 is 0 Å². The van der Waals surface area contributed by atoms with E-state index in [1.165, 1.54) is 58.7 Å². The molecule has 0 atom stereocenters. The molecular formula is C44H29N3S. The van der Waals surface area contributed by atoms with Crippen LogP contribution in [0.15, 0.2) is 158 Å². The van der Waals surface area contributed by atoms with Crippen LogP contribution in [0.2, 0.25) is 0 Å². The molecule has 10 aromatic rings. The van der Waals surface area contributed by atoms with Gasteiger partial charge in [-0.3, -0.25) is 4.57 Å². The van der Waals surface area contributed by atoms with Gasteiger partial charge in [0.25, 0.3) is 0 Å². The van der Waals surface area contributed by atoms with Crippen molar-refractivity contribution in [3.05, 3.63) is 163 Å². The Labute approximate surface area is 281 Å². The first-order chi connectivity index (χ1) is 23.7. The van der Waals surface area contributed by atoms with Gasteiger partial charge in [0.15, 0.2) is 0 Å². The minimum atomic E-state index is 0.939. The summed E-state index contributed by atoms with van der Waals surface area (Å²) >= 11 is 1.88. The number of benzene rings is 7. The van der Waals surface area contributed by atoms with Gasteiger partial charge in [-0.1, -0.05) is 90.5 Å². The number of aryl methyl sites for hydroxylation is 1. The van der Waals surface area contributed by atoms with Crippen molar-refractivity contribution in [1.82, 2.24) is 14.1 Å². The summed E-state index contributed by atoms with van der Waals surface area (Å²) in [5.74, 6) is 0.939. The van der Waals surface area contributed by atoms with Crippen LogP contribution in [0.25, 0.3) is 86.9 Å². The Morgan fingerprint density at radius 1 is 0.479 bits per heavy atom. The highest BCUT2D eigenvalue weighted by molar-refractivity contribution is 7.26. The summed E-state index contributed by atoms with van der Waals surface area (Å²) in [6, 6.07) is 57.1. The molecule has 7 aromatic carbocycles. The highest BCUT2D eigenvalue weighted by atomic mass is 32.1. The van der Waals surface area contributed by atoms with E-state index in [2.05, 4.69) is 174 Å². The third-order valence-electron chi connectivity index (χ3n) is 9.62. The maximum Gasteiger partial charge on any atom is 0.145 e. The van der Waals surface area contributed by atoms with E-state index in [9.17, 15) is 0 Å². The predicted molar refractivity (Wildman–Crippen MR) is 204 cm³/mol. The van der Waals surface area contributed by atoms with Gasteiger partial charge in [0.1, 0.15) is 5.82 Å². The number of rotatable bonds is 4. The number of nitrogens with zero attached hydrogens (tertiary/aromatic N) is 3. The van der Waals surface area contributed by atoms with E-state index in [-0.39, 0.29) is 0 Å². The van der Waals surface area contributed by atoms with Crippen LogP contribution >= 0.6 is 11.3 Å². The summed E-state index contributed by atoms with van der Waals surface area (Å²) in [5.41, 5.74) is 11.6. The second-order valence-electron chi connectivity index (χ2n) is 12.5. The van der Waals surface area contributed by atoms with E-state index in [1.54, 1.807) is 0 Å². The number of hydrogen-bond acceptors (Lipinski definition) is 2. The molecule has 3 heterocycles. The Bertz CT molecular complexity index is 2830. The van der Waals surface area contributed by atoms with Crippen molar-refractivity contribution in [2.24, 2.45) is 0 Å². The molecule has 0 saturated carbocycles. The van der Waals surface area contributed by atoms with Crippen molar-refractivity contribution < 1.29 is 0 Å². The van der Waals surface area contributed by atoms with Gasteiger partial charge in [-0.25, -0.2) is 4.98 Å². The van der Waals surface area contributed by atoms with E-state index in [0.29, 0.717) is 0 Å². The standard InChI is InChI=1S/C44H29N3S/c1-28-17-22-32(23-18-28)47-41-15-6-4-13-38(41)45-44(47)29-19-24-31(25-20-29)46-39-14-5-2-9-34(39)37-27-30(21-26-40(37)46)33-11-8-12-36-35-10-3-7-16-42(35)48-43(33)36/h2-27H,1H3. The van der Waals surface area contributed by atoms with Crippen LogP contribution in [-0.4, -0.2) is 14.1 Å². The number of para-hydroxylation sites is 3. The number of aromatic nitrogens is 3. The zero-order chi connectivity index (χ0) is 31.8. The van der Waals surface area contributed by atoms with E-state index in [1.807, 2.05) is 11.3 Å². The lowest BCUT2D eigenvalue weighted by molar-refractivity contribution is 1.10. The van der Waals surface area contributed by atoms with Crippen LogP contribution in [0.1, 0.15) is 5.56 Å². The average Bonchev–Trinajstić information content (AvgIpc) is 3.82. The first kappa shape index (κ1) is 27.2. The Kier molecular flexibility index (Phi) is 5.96. The second kappa shape index (κ2) is 10.5. The fourth-order valence-corrected chi connectivity index (χ4v) is 8.57. The van der Waals surface area contributed by atoms with E-state index in [4.69, 9.17) is 4.98 Å². The smallest absolute Gasteiger partial charge is 0.145 e. The molecule has 0 amide bonds. The SMILES string of the molecule is Cc1ccc(-n2c(-c3ccc(-n4c5ccccc5c5cc(-c6cccc7c6sc6ccccc67)ccc54)cc3)nc3ccccc32)cc1. The quantitative estimate of drug-likeness (QED) is 0.189. The van der Waals surface area contributed by atoms with E-state index >= 15 is 0 Å². The lowest BCUT2D eigenvalue weighted by Gasteiger charge is -2.12. The van der Waals surface area contributed by atoms with Crippen LogP contribution in [0, 0.1) is 6.92 Å². The number of thiophene rings is 1. The second-order valence-corrected chi connectivity index (χ2v) is 13.6. The van der Waals surface area contributed by atoms with Crippen LogP contribution in [0.5, 0.6) is 0 Å². The molecule has 0 radical (unpaired) electrons. The molecule has 0 bridgehead atoms. The first-order valence-electron chi connectivity index (χ1n) is 16.3. The van der Waals surface area contributed by atoms with E-state index in [0.717, 1.165) is 33.8 Å². The van der Waals surface area contributed by atoms with Crippen molar-refractivity contribution in [2.75, 3.05) is 0 Å². The topological polar surface area (TPSA) is 22.8 Å². The molecule has 0 fully saturated rings. The van der Waals surface area contributed by atoms with Gasteiger partial charge in [-0.05, 0) is 90.8 Å². The minimum Gasteiger partial charge on any atom is -0.309 e. The molecule has 0 aliphatic heterocycles. The Morgan fingerprint density at radius 3 is 1.98 bits per heavy atom. The molecule has 3 nitrogen and oxygen atoms in total. The number of hydrogen-bond donors (Lipinski definition) is 0. The van der Waals surface area contributed by atoms with Crippen LogP contribution < -0.4 is 0 Å². The van der Waals surface area contributed by atoms with Gasteiger partial charge in [-0.15, -0.1) is 11.3 Å². The maximum absolute atomic E-state index is 5.10. The molecule has 10 rings (SSSR count). The number of fused-ring (bicyclic) bond motifs is 7. The van der Waals surface area contributed by atoms with E-state index < -0.39 is 0 Å². The summed E-state index contributed by atoms with van der Waals surface area (Å²) in [6.45, 7) is 2.12. The highest BCUT2D eigenvalue weighted by Crippen LogP contribution is 2.42. The molecule has 0 aliphatic carbocycles. The number of imidazole rings is 1. The van der Waals surface area contributed by atoms with Gasteiger partial charge in [0, 0.05) is 47.9 Å². The van der Waals surface area contributed by atoms with Gasteiger partial charge in [0.05, 0.1) is 22.1 Å². The first-order valence-corrected chi connectivity index (χ1v) is 17.1. The Hall–Kier alpha value is -5.97. The summed E-state index contributed by atoms with van der Waals surface area (Å²) in [7, 11) is 0. The van der Waals surface area contributed by atoms with Crippen molar-refractivity contribution >= 4 is 64.3 Å². The lowest BCUT2D eigenvalue weighted by Crippen LogP contribution is -1.98. The minimum absolute atomic E-state index is 0.939. The summed E-state index contributed by atoms with van der Waals surface area (Å²) in [6.07, 6.45) is 0. The normalized spacial score (nSPS) is 11.9. The predicted octanol–water partition coefficient (Wildman–Crippen LogP) is 12.1. The van der Waals surface area contributed by atoms with Crippen LogP contribution in [0.4, 0.5) is 0 Å². The third kappa shape index (κ3) is 4.09. The summed E-state index contributed by atoms with van der Waals surface area (Å²) < 4.78 is 7.33. The molecule has 0 aliphatic rings. The van der Waals surface area contributed by atoms with Crippen molar-refractivity contribution in [3.8, 4) is 33.9 Å². The maximum atomic E-state index is 5.10. The molecular weight excluding hydrogens is 603 g/mol. The van der Waals surface area contributed by atoms with Crippen LogP contribution in [0.3, 0.4) is 0 Å². The van der Waals surface area contributed by atoms with Crippen LogP contribution in [-0.2, 0) is 0 Å². The molecule has 0 N–H and O–H groups in total. The molecule has 4 heteroatoms. The lowest BCUT2D eigenvalue weighted by atomic mass is 10.0. The zero-order valence-corrected chi connectivity index (χ0v) is 27.1. The molecule has 226 valence electrons. The van der Waals surface area contributed by atoms with Crippen molar-refractivity contribution in [2.45, 2.75) is 6.92 Å². The van der Waals surface area contributed by atoms with Gasteiger partial charge < -0.3 is 4.57 Å². The Balaban J connectivity index is 1.12. The fraction of sp³-hybridized carbons (Fsp3) is 0.0227. The monoisotopic (exact) mass is 631 g/mol. The molecule has 3 aromatic heterocycles. The Morgan fingerprint density at radius 2 is 1.12 bits per heavy atom. The average molecular weight is 632 g/mol. The summed E-state index contributed by atoms with van der Waals surface area (Å²) in [5, 5.41) is 5.16. The molecule has 48 heavy (non-hydrogen) atoms. The largest absolute Gasteiger partial charge is 0.309 e. The fourth-order valence-electron chi connectivity index (χ4n) is 7.33. The molecule has 0 unspecified atom stereocenters. The third-order valence-corrected chi connectivity index (χ3v) is 10.8. The van der Waals surface area contributed by atoms with Crippen molar-refractivity contribution in [3.63, 3.8) is 0 Å². The summed E-state index contributed by atoms with van der Waals surface area (Å²) in [4.78, 5) is 5.10. The molecule has 0 saturated heterocycles.